The molecule has 2 aromatic carbocycles. The number of carbonyl (C=O) groups is 2. The van der Waals surface area contributed by atoms with Gasteiger partial charge < -0.3 is 10.2 Å². The van der Waals surface area contributed by atoms with Gasteiger partial charge in [0.1, 0.15) is 6.04 Å². The van der Waals surface area contributed by atoms with Gasteiger partial charge in [-0.15, -0.1) is 0 Å². The van der Waals surface area contributed by atoms with E-state index in [9.17, 15) is 9.59 Å². The van der Waals surface area contributed by atoms with Gasteiger partial charge in [-0.25, -0.2) is 0 Å². The molecule has 1 atom stereocenters. The molecule has 4 nitrogen and oxygen atoms in total. The Balaban J connectivity index is 2.17. The monoisotopic (exact) mass is 426 g/mol. The molecular weight excluding hydrogens is 407 g/mol. The topological polar surface area (TPSA) is 49.4 Å². The van der Waals surface area contributed by atoms with Crippen molar-refractivity contribution in [2.24, 2.45) is 0 Å². The zero-order chi connectivity index (χ0) is 20.0. The normalized spacial score (nSPS) is 11.7. The van der Waals surface area contributed by atoms with Gasteiger partial charge in [-0.3, -0.25) is 9.59 Å². The molecule has 1 N–H and O–H groups in total. The maximum atomic E-state index is 12.9. The molecule has 0 saturated heterocycles. The number of rotatable bonds is 7. The number of benzene rings is 2. The first-order valence-electron chi connectivity index (χ1n) is 8.52. The third-order valence-corrected chi connectivity index (χ3v) is 5.42. The quantitative estimate of drug-likeness (QED) is 0.693. The molecule has 0 radical (unpaired) electrons. The van der Waals surface area contributed by atoms with Gasteiger partial charge in [0.15, 0.2) is 0 Å². The molecule has 2 amide bonds. The summed E-state index contributed by atoms with van der Waals surface area (Å²) in [5.41, 5.74) is 1.70. The van der Waals surface area contributed by atoms with E-state index in [4.69, 9.17) is 34.8 Å². The van der Waals surface area contributed by atoms with Crippen LogP contribution in [0.3, 0.4) is 0 Å². The molecule has 0 saturated carbocycles. The minimum atomic E-state index is -0.622. The van der Waals surface area contributed by atoms with Crippen LogP contribution in [0.1, 0.15) is 24.5 Å². The highest BCUT2D eigenvalue weighted by molar-refractivity contribution is 6.42. The second-order valence-corrected chi connectivity index (χ2v) is 7.37. The summed E-state index contributed by atoms with van der Waals surface area (Å²) < 4.78 is 0. The highest BCUT2D eigenvalue weighted by atomic mass is 35.5. The van der Waals surface area contributed by atoms with Gasteiger partial charge in [-0.1, -0.05) is 59.1 Å². The zero-order valence-electron chi connectivity index (χ0n) is 15.1. The fourth-order valence-electron chi connectivity index (χ4n) is 2.71. The standard InChI is InChI=1S/C20H21Cl3N2O2/c1-13(20(27)24-2)25(12-14-7-9-17(22)18(23)11-14)19(26)10-8-15-5-3-4-6-16(15)21/h3-7,9,11,13H,8,10,12H2,1-2H3,(H,24,27). The molecule has 0 aromatic heterocycles. The number of halogens is 3. The van der Waals surface area contributed by atoms with Crippen LogP contribution in [0.25, 0.3) is 0 Å². The summed E-state index contributed by atoms with van der Waals surface area (Å²) in [5.74, 6) is -0.377. The third-order valence-electron chi connectivity index (χ3n) is 4.32. The lowest BCUT2D eigenvalue weighted by molar-refractivity contribution is -0.140. The smallest absolute Gasteiger partial charge is 0.242 e. The first-order valence-corrected chi connectivity index (χ1v) is 9.65. The number of aryl methyl sites for hydroxylation is 1. The molecule has 27 heavy (non-hydrogen) atoms. The van der Waals surface area contributed by atoms with Crippen LogP contribution in [0.4, 0.5) is 0 Å². The van der Waals surface area contributed by atoms with Crippen molar-refractivity contribution in [1.29, 1.82) is 0 Å². The number of nitrogens with zero attached hydrogens (tertiary/aromatic N) is 1. The number of likely N-dealkylation sites (N-methyl/N-ethyl adjacent to an activating group) is 1. The Bertz CT molecular complexity index is 827. The summed E-state index contributed by atoms with van der Waals surface area (Å²) in [6, 6.07) is 12.0. The van der Waals surface area contributed by atoms with E-state index in [0.29, 0.717) is 21.5 Å². The van der Waals surface area contributed by atoms with Crippen molar-refractivity contribution in [3.8, 4) is 0 Å². The van der Waals surface area contributed by atoms with Crippen LogP contribution in [-0.2, 0) is 22.6 Å². The van der Waals surface area contributed by atoms with Gasteiger partial charge in [0.25, 0.3) is 0 Å². The molecule has 2 aromatic rings. The van der Waals surface area contributed by atoms with E-state index in [-0.39, 0.29) is 24.8 Å². The van der Waals surface area contributed by atoms with Crippen LogP contribution in [0.5, 0.6) is 0 Å². The summed E-state index contributed by atoms with van der Waals surface area (Å²) in [4.78, 5) is 26.6. The van der Waals surface area contributed by atoms with E-state index in [1.807, 2.05) is 18.2 Å². The number of carbonyl (C=O) groups excluding carboxylic acids is 2. The van der Waals surface area contributed by atoms with Gasteiger partial charge in [-0.2, -0.15) is 0 Å². The second kappa shape index (κ2) is 9.98. The molecule has 0 aliphatic carbocycles. The largest absolute Gasteiger partial charge is 0.357 e. The van der Waals surface area contributed by atoms with E-state index < -0.39 is 6.04 Å². The Morgan fingerprint density at radius 1 is 1.04 bits per heavy atom. The van der Waals surface area contributed by atoms with Gasteiger partial charge in [0.05, 0.1) is 10.0 Å². The molecule has 2 rings (SSSR count). The molecule has 0 spiro atoms. The van der Waals surface area contributed by atoms with Crippen molar-refractivity contribution in [2.75, 3.05) is 7.05 Å². The lowest BCUT2D eigenvalue weighted by atomic mass is 10.1. The van der Waals surface area contributed by atoms with Crippen LogP contribution in [0.15, 0.2) is 42.5 Å². The van der Waals surface area contributed by atoms with Gasteiger partial charge in [0.2, 0.25) is 11.8 Å². The van der Waals surface area contributed by atoms with Crippen molar-refractivity contribution >= 4 is 46.6 Å². The predicted octanol–water partition coefficient (Wildman–Crippen LogP) is 4.74. The Morgan fingerprint density at radius 2 is 1.74 bits per heavy atom. The fraction of sp³-hybridized carbons (Fsp3) is 0.300. The van der Waals surface area contributed by atoms with Crippen molar-refractivity contribution in [2.45, 2.75) is 32.4 Å². The Labute approximate surface area is 174 Å². The predicted molar refractivity (Wildman–Crippen MR) is 110 cm³/mol. The van der Waals surface area contributed by atoms with Gasteiger partial charge in [0, 0.05) is 25.0 Å². The van der Waals surface area contributed by atoms with Crippen molar-refractivity contribution in [1.82, 2.24) is 10.2 Å². The average Bonchev–Trinajstić information content (AvgIpc) is 2.66. The minimum Gasteiger partial charge on any atom is -0.357 e. The summed E-state index contributed by atoms with van der Waals surface area (Å²) in [6.45, 7) is 1.95. The molecule has 144 valence electrons. The lowest BCUT2D eigenvalue weighted by Gasteiger charge is -2.28. The summed E-state index contributed by atoms with van der Waals surface area (Å²) >= 11 is 18.2. The van der Waals surface area contributed by atoms with Gasteiger partial charge in [-0.05, 0) is 42.7 Å². The van der Waals surface area contributed by atoms with Crippen molar-refractivity contribution < 1.29 is 9.59 Å². The van der Waals surface area contributed by atoms with Crippen molar-refractivity contribution in [3.63, 3.8) is 0 Å². The minimum absolute atomic E-state index is 0.142. The molecule has 0 bridgehead atoms. The fourth-order valence-corrected chi connectivity index (χ4v) is 3.26. The average molecular weight is 428 g/mol. The summed E-state index contributed by atoms with van der Waals surface area (Å²) in [5, 5.41) is 4.06. The highest BCUT2D eigenvalue weighted by Gasteiger charge is 2.25. The number of nitrogens with one attached hydrogen (secondary N) is 1. The molecule has 0 heterocycles. The maximum absolute atomic E-state index is 12.9. The van der Waals surface area contributed by atoms with Crippen molar-refractivity contribution in [3.05, 3.63) is 68.7 Å². The molecular formula is C20H21Cl3N2O2. The van der Waals surface area contributed by atoms with Gasteiger partial charge >= 0.3 is 0 Å². The molecule has 1 unspecified atom stereocenters. The molecule has 7 heteroatoms. The van der Waals surface area contributed by atoms with E-state index in [0.717, 1.165) is 11.1 Å². The first-order chi connectivity index (χ1) is 12.8. The summed E-state index contributed by atoms with van der Waals surface area (Å²) in [7, 11) is 1.55. The zero-order valence-corrected chi connectivity index (χ0v) is 17.4. The maximum Gasteiger partial charge on any atom is 0.242 e. The van der Waals surface area contributed by atoms with Crippen LogP contribution >= 0.6 is 34.8 Å². The number of hydrogen-bond acceptors (Lipinski definition) is 2. The van der Waals surface area contributed by atoms with E-state index in [2.05, 4.69) is 5.32 Å². The van der Waals surface area contributed by atoms with Crippen LogP contribution < -0.4 is 5.32 Å². The Kier molecular flexibility index (Phi) is 7.96. The molecule has 0 fully saturated rings. The Hall–Kier alpha value is -1.75. The third kappa shape index (κ3) is 5.86. The lowest BCUT2D eigenvalue weighted by Crippen LogP contribution is -2.46. The second-order valence-electron chi connectivity index (χ2n) is 6.15. The van der Waals surface area contributed by atoms with Crippen LogP contribution in [-0.4, -0.2) is 29.8 Å². The van der Waals surface area contributed by atoms with E-state index >= 15 is 0 Å². The molecule has 0 aliphatic heterocycles. The van der Waals surface area contributed by atoms with Crippen LogP contribution in [0.2, 0.25) is 15.1 Å². The van der Waals surface area contributed by atoms with E-state index in [1.165, 1.54) is 4.90 Å². The SMILES string of the molecule is CNC(=O)C(C)N(Cc1ccc(Cl)c(Cl)c1)C(=O)CCc1ccccc1Cl. The first kappa shape index (κ1) is 21.5. The number of amides is 2. The Morgan fingerprint density at radius 3 is 2.37 bits per heavy atom. The molecule has 0 aliphatic rings. The van der Waals surface area contributed by atoms with Crippen LogP contribution in [0, 0.1) is 0 Å². The number of hydrogen-bond donors (Lipinski definition) is 1. The highest BCUT2D eigenvalue weighted by Crippen LogP contribution is 2.24. The van der Waals surface area contributed by atoms with E-state index in [1.54, 1.807) is 38.2 Å². The summed E-state index contributed by atoms with van der Waals surface area (Å²) in [6.07, 6.45) is 0.739.